The maximum atomic E-state index is 12.4. The Labute approximate surface area is 195 Å². The van der Waals surface area contributed by atoms with Crippen LogP contribution in [0.2, 0.25) is 10.0 Å². The van der Waals surface area contributed by atoms with Crippen LogP contribution in [0.4, 0.5) is 0 Å². The molecule has 1 amide bonds. The molecule has 8 heteroatoms. The van der Waals surface area contributed by atoms with Gasteiger partial charge in [-0.05, 0) is 53.6 Å². The molecule has 32 heavy (non-hydrogen) atoms. The fraction of sp³-hybridized carbons (Fsp3) is 0.0417. The summed E-state index contributed by atoms with van der Waals surface area (Å²) in [4.78, 5) is 12.4. The van der Waals surface area contributed by atoms with Crippen molar-refractivity contribution in [2.24, 2.45) is 5.10 Å². The molecule has 1 heterocycles. The van der Waals surface area contributed by atoms with Crippen LogP contribution in [0.25, 0.3) is 0 Å². The second-order valence-electron chi connectivity index (χ2n) is 6.82. The van der Waals surface area contributed by atoms with E-state index in [4.69, 9.17) is 27.9 Å². The lowest BCUT2D eigenvalue weighted by Gasteiger charge is -2.05. The molecule has 6 nitrogen and oxygen atoms in total. The zero-order valence-corrected chi connectivity index (χ0v) is 18.3. The third kappa shape index (κ3) is 5.75. The van der Waals surface area contributed by atoms with Crippen LogP contribution in [0, 0.1) is 0 Å². The number of amides is 1. The topological polar surface area (TPSA) is 68.5 Å². The molecule has 0 aliphatic carbocycles. The van der Waals surface area contributed by atoms with Crippen LogP contribution < -0.4 is 10.2 Å². The molecule has 1 N–H and O–H groups in total. The van der Waals surface area contributed by atoms with Gasteiger partial charge in [-0.3, -0.25) is 9.48 Å². The van der Waals surface area contributed by atoms with Gasteiger partial charge in [-0.2, -0.15) is 10.2 Å². The van der Waals surface area contributed by atoms with Gasteiger partial charge in [0.05, 0.1) is 12.8 Å². The Hall–Kier alpha value is -3.61. The number of hydrogen-bond donors (Lipinski definition) is 1. The minimum absolute atomic E-state index is 0.244. The minimum atomic E-state index is -0.418. The molecule has 4 aromatic rings. The molecule has 0 unspecified atom stereocenters. The molecule has 160 valence electrons. The van der Waals surface area contributed by atoms with E-state index in [2.05, 4.69) is 15.6 Å². The van der Waals surface area contributed by atoms with Gasteiger partial charge in [-0.15, -0.1) is 0 Å². The van der Waals surface area contributed by atoms with Crippen LogP contribution in [0.15, 0.2) is 90.2 Å². The predicted molar refractivity (Wildman–Crippen MR) is 126 cm³/mol. The van der Waals surface area contributed by atoms with Crippen molar-refractivity contribution in [2.45, 2.75) is 6.54 Å². The number of hydrazone groups is 1. The summed E-state index contributed by atoms with van der Waals surface area (Å²) >= 11 is 12.1. The fourth-order valence-electron chi connectivity index (χ4n) is 2.90. The van der Waals surface area contributed by atoms with Crippen molar-refractivity contribution in [3.63, 3.8) is 0 Å². The standard InChI is InChI=1S/C24H18Cl2N4O2/c25-19-10-9-18(22(26)14-19)16-30-12-11-23(29-30)24(31)28-27-15-17-5-4-8-21(13-17)32-20-6-2-1-3-7-20/h1-15H,16H2,(H,28,31)/b27-15-. The van der Waals surface area contributed by atoms with Gasteiger partial charge in [0.25, 0.3) is 5.91 Å². The molecule has 0 atom stereocenters. The summed E-state index contributed by atoms with van der Waals surface area (Å²) in [6, 6.07) is 23.7. The number of carbonyl (C=O) groups excluding carboxylic acids is 1. The zero-order chi connectivity index (χ0) is 22.3. The van der Waals surface area contributed by atoms with E-state index in [1.54, 1.807) is 35.3 Å². The second-order valence-corrected chi connectivity index (χ2v) is 7.66. The van der Waals surface area contributed by atoms with Crippen molar-refractivity contribution >= 4 is 35.3 Å². The van der Waals surface area contributed by atoms with E-state index in [0.717, 1.165) is 16.9 Å². The first-order chi connectivity index (χ1) is 15.6. The van der Waals surface area contributed by atoms with Gasteiger partial charge in [0.2, 0.25) is 0 Å². The van der Waals surface area contributed by atoms with Gasteiger partial charge in [0.15, 0.2) is 5.69 Å². The lowest BCUT2D eigenvalue weighted by Crippen LogP contribution is -2.18. The maximum absolute atomic E-state index is 12.4. The number of hydrogen-bond acceptors (Lipinski definition) is 4. The lowest BCUT2D eigenvalue weighted by molar-refractivity contribution is 0.0949. The first-order valence-electron chi connectivity index (χ1n) is 9.70. The number of para-hydroxylation sites is 1. The third-order valence-corrected chi connectivity index (χ3v) is 5.02. The number of rotatable bonds is 7. The van der Waals surface area contributed by atoms with E-state index < -0.39 is 5.91 Å². The van der Waals surface area contributed by atoms with Gasteiger partial charge in [0.1, 0.15) is 11.5 Å². The first-order valence-corrected chi connectivity index (χ1v) is 10.5. The number of ether oxygens (including phenoxy) is 1. The highest BCUT2D eigenvalue weighted by Gasteiger charge is 2.10. The molecule has 0 fully saturated rings. The number of benzene rings is 3. The largest absolute Gasteiger partial charge is 0.457 e. The van der Waals surface area contributed by atoms with Crippen LogP contribution in [0.3, 0.4) is 0 Å². The Morgan fingerprint density at radius 3 is 2.62 bits per heavy atom. The van der Waals surface area contributed by atoms with Crippen molar-refractivity contribution in [1.82, 2.24) is 15.2 Å². The number of nitrogens with one attached hydrogen (secondary N) is 1. The van der Waals surface area contributed by atoms with Gasteiger partial charge >= 0.3 is 0 Å². The van der Waals surface area contributed by atoms with E-state index in [1.165, 1.54) is 0 Å². The highest BCUT2D eigenvalue weighted by molar-refractivity contribution is 6.35. The lowest BCUT2D eigenvalue weighted by atomic mass is 10.2. The summed E-state index contributed by atoms with van der Waals surface area (Å²) in [5.41, 5.74) is 4.36. The van der Waals surface area contributed by atoms with Gasteiger partial charge in [-0.1, -0.05) is 59.6 Å². The molecule has 0 aliphatic heterocycles. The smallest absolute Gasteiger partial charge is 0.291 e. The van der Waals surface area contributed by atoms with E-state index in [-0.39, 0.29) is 5.69 Å². The summed E-state index contributed by atoms with van der Waals surface area (Å²) in [6.45, 7) is 0.417. The van der Waals surface area contributed by atoms with Crippen molar-refractivity contribution < 1.29 is 9.53 Å². The number of nitrogens with zero attached hydrogens (tertiary/aromatic N) is 3. The maximum Gasteiger partial charge on any atom is 0.291 e. The highest BCUT2D eigenvalue weighted by Crippen LogP contribution is 2.22. The van der Waals surface area contributed by atoms with E-state index >= 15 is 0 Å². The Morgan fingerprint density at radius 1 is 1.00 bits per heavy atom. The molecule has 0 saturated heterocycles. The number of aromatic nitrogens is 2. The minimum Gasteiger partial charge on any atom is -0.457 e. The van der Waals surface area contributed by atoms with E-state index in [1.807, 2.05) is 60.7 Å². The Morgan fingerprint density at radius 2 is 1.81 bits per heavy atom. The second kappa shape index (κ2) is 10.1. The molecule has 3 aromatic carbocycles. The molecule has 4 rings (SSSR count). The summed E-state index contributed by atoms with van der Waals surface area (Å²) in [5, 5.41) is 9.40. The summed E-state index contributed by atoms with van der Waals surface area (Å²) in [6.07, 6.45) is 3.24. The molecule has 0 saturated carbocycles. The SMILES string of the molecule is O=C(N/N=C\c1cccc(Oc2ccccc2)c1)c1ccn(Cc2ccc(Cl)cc2Cl)n1. The number of carbonyl (C=O) groups is 1. The van der Waals surface area contributed by atoms with Gasteiger partial charge < -0.3 is 4.74 Å². The summed E-state index contributed by atoms with van der Waals surface area (Å²) < 4.78 is 7.43. The van der Waals surface area contributed by atoms with Crippen LogP contribution in [-0.4, -0.2) is 21.9 Å². The summed E-state index contributed by atoms with van der Waals surface area (Å²) in [5.74, 6) is 0.996. The zero-order valence-electron chi connectivity index (χ0n) is 16.8. The molecule has 0 radical (unpaired) electrons. The first kappa shape index (κ1) is 21.6. The van der Waals surface area contributed by atoms with Crippen LogP contribution in [-0.2, 0) is 6.54 Å². The van der Waals surface area contributed by atoms with E-state index in [0.29, 0.717) is 22.3 Å². The molecule has 1 aromatic heterocycles. The van der Waals surface area contributed by atoms with E-state index in [9.17, 15) is 4.79 Å². The van der Waals surface area contributed by atoms with Crippen molar-refractivity contribution in [1.29, 1.82) is 0 Å². The Kier molecular flexibility index (Phi) is 6.84. The van der Waals surface area contributed by atoms with Gasteiger partial charge in [-0.25, -0.2) is 5.43 Å². The molecular weight excluding hydrogens is 447 g/mol. The van der Waals surface area contributed by atoms with Crippen molar-refractivity contribution in [3.8, 4) is 11.5 Å². The normalized spacial score (nSPS) is 10.9. The fourth-order valence-corrected chi connectivity index (χ4v) is 3.37. The monoisotopic (exact) mass is 464 g/mol. The average Bonchev–Trinajstić information content (AvgIpc) is 3.25. The van der Waals surface area contributed by atoms with Crippen LogP contribution >= 0.6 is 23.2 Å². The Bertz CT molecular complexity index is 1260. The van der Waals surface area contributed by atoms with Gasteiger partial charge in [0, 0.05) is 16.2 Å². The highest BCUT2D eigenvalue weighted by atomic mass is 35.5. The Balaban J connectivity index is 1.35. The molecule has 0 spiro atoms. The summed E-state index contributed by atoms with van der Waals surface area (Å²) in [7, 11) is 0. The molecule has 0 bridgehead atoms. The quantitative estimate of drug-likeness (QED) is 0.277. The predicted octanol–water partition coefficient (Wildman–Crippen LogP) is 5.79. The number of halogens is 2. The third-order valence-electron chi connectivity index (χ3n) is 4.44. The molecular formula is C24H18Cl2N4O2. The average molecular weight is 465 g/mol. The molecule has 0 aliphatic rings. The van der Waals surface area contributed by atoms with Crippen molar-refractivity contribution in [3.05, 3.63) is 112 Å². The van der Waals surface area contributed by atoms with Crippen LogP contribution in [0.5, 0.6) is 11.5 Å². The van der Waals surface area contributed by atoms with Crippen molar-refractivity contribution in [2.75, 3.05) is 0 Å². The van der Waals surface area contributed by atoms with Crippen LogP contribution in [0.1, 0.15) is 21.6 Å².